The maximum Gasteiger partial charge on any atom is 0.417 e. The standard InChI is InChI=1S/C14H15F3N3O3.Al/c1-7-5-10(23-13(7,2)14(15,16)17)12(22)20-8-3-4-19-9(6-8)11(18)21;/h3-7,10H,1-2H3,(H2,18,21)(H,19,20,22);/t7-,10+,13+;/m1./s1. The fourth-order valence-electron chi connectivity index (χ4n) is 2.49. The zero-order chi connectivity index (χ0) is 18.3. The summed E-state index contributed by atoms with van der Waals surface area (Å²) in [5.41, 5.74) is 2.79. The quantitative estimate of drug-likeness (QED) is 0.801. The molecule has 24 heavy (non-hydrogen) atoms. The number of hydrogen-bond donors (Lipinski definition) is 2. The number of carbonyl (C=O) groups is 2. The van der Waals surface area contributed by atoms with E-state index in [1.54, 1.807) is 0 Å². The molecule has 6 nitrogen and oxygen atoms in total. The van der Waals surface area contributed by atoms with E-state index in [0.29, 0.717) is 0 Å². The summed E-state index contributed by atoms with van der Waals surface area (Å²) < 4.78 is 44.1. The number of ether oxygens (including phenoxy) is 1. The Bertz CT molecular complexity index is 670. The van der Waals surface area contributed by atoms with E-state index < -0.39 is 40.4 Å². The van der Waals surface area contributed by atoms with Crippen molar-refractivity contribution in [2.75, 3.05) is 5.32 Å². The molecule has 0 aliphatic carbocycles. The molecular formula is C14H15AlF3N3O3. The summed E-state index contributed by atoms with van der Waals surface area (Å²) in [6.45, 7) is 2.32. The van der Waals surface area contributed by atoms with Crippen LogP contribution in [-0.2, 0) is 9.53 Å². The van der Waals surface area contributed by atoms with Gasteiger partial charge in [0.25, 0.3) is 11.8 Å². The number of amides is 2. The first kappa shape index (κ1) is 18.7. The molecule has 10 heteroatoms. The number of aromatic nitrogens is 1. The molecule has 0 saturated carbocycles. The Hall–Kier alpha value is -1.63. The number of primary amides is 1. The summed E-state index contributed by atoms with van der Waals surface area (Å²) in [5, 5.41) is 2.43. The van der Waals surface area contributed by atoms with Crippen LogP contribution in [-0.4, -0.2) is 51.0 Å². The van der Waals surface area contributed by atoms with Gasteiger partial charge in [0.2, 0.25) is 0 Å². The first-order valence-corrected chi connectivity index (χ1v) is 7.71. The van der Waals surface area contributed by atoms with Gasteiger partial charge < -0.3 is 15.8 Å². The summed E-state index contributed by atoms with van der Waals surface area (Å²) in [6.07, 6.45) is -4.65. The molecule has 1 aromatic rings. The van der Waals surface area contributed by atoms with Crippen LogP contribution in [0.25, 0.3) is 0 Å². The van der Waals surface area contributed by atoms with Crippen molar-refractivity contribution in [3.63, 3.8) is 0 Å². The normalized spacial score (nSPS) is 30.1. The van der Waals surface area contributed by atoms with E-state index in [-0.39, 0.29) is 11.4 Å². The minimum atomic E-state index is -4.61. The molecule has 1 aromatic heterocycles. The number of hydrogen-bond acceptors (Lipinski definition) is 4. The van der Waals surface area contributed by atoms with Crippen LogP contribution in [0.2, 0.25) is 4.78 Å². The van der Waals surface area contributed by atoms with Crippen molar-refractivity contribution < 1.29 is 27.5 Å². The number of halogens is 3. The highest BCUT2D eigenvalue weighted by Crippen LogP contribution is 2.51. The zero-order valence-corrected chi connectivity index (χ0v) is 14.1. The Labute approximate surface area is 144 Å². The van der Waals surface area contributed by atoms with Crippen LogP contribution < -0.4 is 11.1 Å². The van der Waals surface area contributed by atoms with Gasteiger partial charge in [-0.15, -0.1) is 0 Å². The Morgan fingerprint density at radius 3 is 2.58 bits per heavy atom. The highest BCUT2D eigenvalue weighted by Gasteiger charge is 2.63. The zero-order valence-electron chi connectivity index (χ0n) is 12.9. The minimum Gasteiger partial charge on any atom is -0.364 e. The Balaban J connectivity index is 2.19. The molecule has 1 aliphatic rings. The number of anilines is 1. The van der Waals surface area contributed by atoms with E-state index in [2.05, 4.69) is 26.6 Å². The molecule has 3 N–H and O–H groups in total. The van der Waals surface area contributed by atoms with Crippen LogP contribution in [0.5, 0.6) is 0 Å². The summed E-state index contributed by atoms with van der Waals surface area (Å²) in [4.78, 5) is 27.1. The van der Waals surface area contributed by atoms with Crippen molar-refractivity contribution >= 4 is 33.8 Å². The van der Waals surface area contributed by atoms with Gasteiger partial charge in [0.05, 0.1) is 0 Å². The van der Waals surface area contributed by atoms with Crippen LogP contribution in [0.15, 0.2) is 18.3 Å². The lowest BCUT2D eigenvalue weighted by atomic mass is 9.88. The molecule has 0 unspecified atom stereocenters. The van der Waals surface area contributed by atoms with E-state index in [0.717, 1.165) is 6.92 Å². The molecule has 2 heterocycles. The van der Waals surface area contributed by atoms with Gasteiger partial charge >= 0.3 is 6.18 Å². The van der Waals surface area contributed by atoms with Crippen LogP contribution in [0.1, 0.15) is 24.3 Å². The van der Waals surface area contributed by atoms with Gasteiger partial charge in [0.15, 0.2) is 5.60 Å². The fraction of sp³-hybridized carbons (Fsp3) is 0.500. The number of nitrogens with two attached hydrogens (primary N) is 1. The van der Waals surface area contributed by atoms with Gasteiger partial charge in [-0.2, -0.15) is 13.2 Å². The lowest BCUT2D eigenvalue weighted by Crippen LogP contribution is -2.47. The van der Waals surface area contributed by atoms with E-state index in [9.17, 15) is 22.8 Å². The maximum absolute atomic E-state index is 13.2. The maximum atomic E-state index is 13.2. The molecule has 1 aliphatic heterocycles. The number of rotatable bonds is 3. The molecule has 0 bridgehead atoms. The largest absolute Gasteiger partial charge is 0.417 e. The lowest BCUT2D eigenvalue weighted by Gasteiger charge is -2.31. The average Bonchev–Trinajstić information content (AvgIpc) is 2.72. The lowest BCUT2D eigenvalue weighted by molar-refractivity contribution is -0.272. The second-order valence-electron chi connectivity index (χ2n) is 5.79. The van der Waals surface area contributed by atoms with Gasteiger partial charge in [-0.1, -0.05) is 11.7 Å². The third-order valence-electron chi connectivity index (χ3n) is 4.27. The average molecular weight is 357 g/mol. The van der Waals surface area contributed by atoms with E-state index in [1.807, 2.05) is 0 Å². The summed E-state index contributed by atoms with van der Waals surface area (Å²) in [5.74, 6) is -2.46. The molecule has 1 saturated heterocycles. The minimum absolute atomic E-state index is 0.0731. The monoisotopic (exact) mass is 357 g/mol. The third kappa shape index (κ3) is 3.27. The third-order valence-corrected chi connectivity index (χ3v) is 5.20. The van der Waals surface area contributed by atoms with Crippen LogP contribution in [0, 0.1) is 5.92 Å². The van der Waals surface area contributed by atoms with Gasteiger partial charge in [-0.25, -0.2) is 0 Å². The first-order valence-electron chi connectivity index (χ1n) is 7.04. The van der Waals surface area contributed by atoms with Crippen molar-refractivity contribution in [2.45, 2.75) is 36.5 Å². The van der Waals surface area contributed by atoms with Crippen LogP contribution in [0.3, 0.4) is 0 Å². The second-order valence-corrected chi connectivity index (χ2v) is 6.56. The summed E-state index contributed by atoms with van der Waals surface area (Å²) >= 11 is 2.24. The van der Waals surface area contributed by atoms with Crippen molar-refractivity contribution in [3.05, 3.63) is 24.0 Å². The fourth-order valence-corrected chi connectivity index (χ4v) is 3.11. The van der Waals surface area contributed by atoms with Crippen molar-refractivity contribution in [3.8, 4) is 0 Å². The number of nitrogens with one attached hydrogen (secondary N) is 1. The summed E-state index contributed by atoms with van der Waals surface area (Å²) in [7, 11) is 0. The van der Waals surface area contributed by atoms with Crippen LogP contribution >= 0.6 is 0 Å². The second kappa shape index (κ2) is 6.35. The van der Waals surface area contributed by atoms with E-state index in [4.69, 9.17) is 10.5 Å². The molecule has 0 spiro atoms. The molecule has 128 valence electrons. The number of carbonyl (C=O) groups excluding carboxylic acids is 2. The van der Waals surface area contributed by atoms with E-state index >= 15 is 0 Å². The molecule has 4 atom stereocenters. The van der Waals surface area contributed by atoms with Gasteiger partial charge in [-0.3, -0.25) is 14.6 Å². The molecule has 1 fully saturated rings. The smallest absolute Gasteiger partial charge is 0.364 e. The van der Waals surface area contributed by atoms with Gasteiger partial charge in [0.1, 0.15) is 28.1 Å². The highest BCUT2D eigenvalue weighted by atomic mass is 27.0. The number of nitrogens with zero attached hydrogens (tertiary/aromatic N) is 1. The van der Waals surface area contributed by atoms with E-state index in [1.165, 1.54) is 25.3 Å². The molecule has 2 rings (SSSR count). The number of alkyl halides is 3. The Morgan fingerprint density at radius 1 is 1.46 bits per heavy atom. The highest BCUT2D eigenvalue weighted by molar-refractivity contribution is 6.16. The van der Waals surface area contributed by atoms with Gasteiger partial charge in [-0.05, 0) is 25.0 Å². The molecular weight excluding hydrogens is 342 g/mol. The predicted octanol–water partition coefficient (Wildman–Crippen LogP) is 1.43. The topological polar surface area (TPSA) is 94.3 Å². The van der Waals surface area contributed by atoms with Crippen molar-refractivity contribution in [1.82, 2.24) is 4.98 Å². The summed E-state index contributed by atoms with van der Waals surface area (Å²) in [6, 6.07) is 2.63. The predicted molar refractivity (Wildman–Crippen MR) is 79.4 cm³/mol. The van der Waals surface area contributed by atoms with Crippen molar-refractivity contribution in [1.29, 1.82) is 0 Å². The van der Waals surface area contributed by atoms with Crippen LogP contribution in [0.4, 0.5) is 18.9 Å². The first-order chi connectivity index (χ1) is 11.0. The molecule has 0 aromatic carbocycles. The molecule has 2 radical (unpaired) electrons. The Kier molecular flexibility index (Phi) is 4.95. The van der Waals surface area contributed by atoms with Crippen molar-refractivity contribution in [2.24, 2.45) is 11.7 Å². The number of pyridine rings is 1. The Morgan fingerprint density at radius 2 is 2.08 bits per heavy atom. The molecule has 2 amide bonds. The van der Waals surface area contributed by atoms with Gasteiger partial charge in [0, 0.05) is 11.9 Å². The SMILES string of the molecule is C[C@@H]1[C@H]([Al])[C@@H](C(=O)Nc2ccnc(C(N)=O)c2)O[C@]1(C)C(F)(F)F.